The molecule has 2 rings (SSSR count). The van der Waals surface area contributed by atoms with Gasteiger partial charge in [-0.25, -0.2) is 4.79 Å². The molecular formula is C20H28O3. The van der Waals surface area contributed by atoms with E-state index in [1.54, 1.807) is 13.0 Å². The zero-order valence-electron chi connectivity index (χ0n) is 14.8. The molecule has 0 saturated heterocycles. The summed E-state index contributed by atoms with van der Waals surface area (Å²) in [4.78, 5) is 10.6. The zero-order valence-corrected chi connectivity index (χ0v) is 14.8. The molecule has 0 amide bonds. The Hall–Kier alpha value is -1.61. The van der Waals surface area contributed by atoms with Gasteiger partial charge in [0.25, 0.3) is 0 Å². The Morgan fingerprint density at radius 2 is 2.00 bits per heavy atom. The van der Waals surface area contributed by atoms with Crippen molar-refractivity contribution in [3.63, 3.8) is 0 Å². The van der Waals surface area contributed by atoms with Gasteiger partial charge in [-0.3, -0.25) is 0 Å². The molecule has 1 N–H and O–H groups in total. The van der Waals surface area contributed by atoms with Gasteiger partial charge in [0.15, 0.2) is 0 Å². The van der Waals surface area contributed by atoms with Crippen LogP contribution in [0.4, 0.5) is 0 Å². The van der Waals surface area contributed by atoms with Crippen LogP contribution < -0.4 is 0 Å². The molecule has 1 aliphatic heterocycles. The summed E-state index contributed by atoms with van der Waals surface area (Å²) >= 11 is 0. The van der Waals surface area contributed by atoms with Crippen LogP contribution in [0.2, 0.25) is 0 Å². The number of hydrogen-bond donors (Lipinski definition) is 1. The predicted octanol–water partition coefficient (Wildman–Crippen LogP) is 4.81. The number of allylic oxidation sites excluding steroid dienone is 4. The highest BCUT2D eigenvalue weighted by atomic mass is 16.5. The zero-order chi connectivity index (χ0) is 17.3. The topological polar surface area (TPSA) is 46.5 Å². The molecular weight excluding hydrogens is 288 g/mol. The lowest BCUT2D eigenvalue weighted by Crippen LogP contribution is -2.39. The Kier molecular flexibility index (Phi) is 5.00. The fourth-order valence-electron chi connectivity index (χ4n) is 3.76. The quantitative estimate of drug-likeness (QED) is 0.460. The van der Waals surface area contributed by atoms with Gasteiger partial charge in [-0.05, 0) is 68.2 Å². The van der Waals surface area contributed by atoms with E-state index in [0.29, 0.717) is 5.57 Å². The van der Waals surface area contributed by atoms with Crippen molar-refractivity contribution in [2.45, 2.75) is 65.6 Å². The number of hydrogen-bond acceptors (Lipinski definition) is 2. The van der Waals surface area contributed by atoms with E-state index < -0.39 is 5.97 Å². The number of fused-ring (bicyclic) bond motifs is 1. The smallest absolute Gasteiger partial charge is 0.328 e. The van der Waals surface area contributed by atoms with Crippen LogP contribution >= 0.6 is 0 Å². The summed E-state index contributed by atoms with van der Waals surface area (Å²) in [7, 11) is 0. The summed E-state index contributed by atoms with van der Waals surface area (Å²) in [6.07, 6.45) is 12.7. The van der Waals surface area contributed by atoms with Gasteiger partial charge < -0.3 is 9.84 Å². The highest BCUT2D eigenvalue weighted by Crippen LogP contribution is 2.51. The summed E-state index contributed by atoms with van der Waals surface area (Å²) in [5, 5.41) is 8.71. The van der Waals surface area contributed by atoms with E-state index in [-0.39, 0.29) is 17.1 Å². The average Bonchev–Trinajstić information content (AvgIpc) is 2.77. The fourth-order valence-corrected chi connectivity index (χ4v) is 3.76. The first kappa shape index (κ1) is 17.7. The molecule has 0 aromatic rings. The Morgan fingerprint density at radius 1 is 1.30 bits per heavy atom. The molecule has 1 fully saturated rings. The SMILES string of the molecule is CC(=C/C(=O)O)/C=C/C=C(\C)[C@H]1C=C2C(C)(C)CCC[C@@]2(C)O1. The number of ether oxygens (including phenoxy) is 1. The van der Waals surface area contributed by atoms with E-state index in [1.165, 1.54) is 24.5 Å². The van der Waals surface area contributed by atoms with Gasteiger partial charge in [-0.2, -0.15) is 0 Å². The van der Waals surface area contributed by atoms with Crippen LogP contribution in [0.25, 0.3) is 0 Å². The van der Waals surface area contributed by atoms with Gasteiger partial charge in [0, 0.05) is 6.08 Å². The number of carbonyl (C=O) groups is 1. The second-order valence-electron chi connectivity index (χ2n) is 7.58. The Bertz CT molecular complexity index is 604. The third-order valence-corrected chi connectivity index (χ3v) is 4.98. The van der Waals surface area contributed by atoms with E-state index in [0.717, 1.165) is 12.0 Å². The molecule has 0 spiro atoms. The van der Waals surface area contributed by atoms with Gasteiger partial charge in [-0.1, -0.05) is 32.1 Å². The molecule has 3 heteroatoms. The molecule has 0 radical (unpaired) electrons. The van der Waals surface area contributed by atoms with Crippen LogP contribution in [0.5, 0.6) is 0 Å². The lowest BCUT2D eigenvalue weighted by molar-refractivity contribution is -0.131. The lowest BCUT2D eigenvalue weighted by Gasteiger charge is -2.42. The number of carboxylic acids is 1. The first-order valence-corrected chi connectivity index (χ1v) is 8.31. The van der Waals surface area contributed by atoms with Crippen molar-refractivity contribution in [2.75, 3.05) is 0 Å². The van der Waals surface area contributed by atoms with Crippen LogP contribution in [-0.2, 0) is 9.53 Å². The van der Waals surface area contributed by atoms with Crippen molar-refractivity contribution >= 4 is 5.97 Å². The van der Waals surface area contributed by atoms with Crippen LogP contribution in [0.15, 0.2) is 47.1 Å². The largest absolute Gasteiger partial charge is 0.478 e. The molecule has 0 aromatic carbocycles. The molecule has 23 heavy (non-hydrogen) atoms. The highest BCUT2D eigenvalue weighted by Gasteiger charge is 2.47. The van der Waals surface area contributed by atoms with E-state index in [4.69, 9.17) is 9.84 Å². The van der Waals surface area contributed by atoms with Crippen molar-refractivity contribution in [2.24, 2.45) is 5.41 Å². The maximum absolute atomic E-state index is 10.6. The van der Waals surface area contributed by atoms with E-state index in [9.17, 15) is 4.79 Å². The van der Waals surface area contributed by atoms with Gasteiger partial charge in [0.2, 0.25) is 0 Å². The summed E-state index contributed by atoms with van der Waals surface area (Å²) in [5.41, 5.74) is 3.36. The monoisotopic (exact) mass is 316 g/mol. The molecule has 1 aliphatic carbocycles. The Morgan fingerprint density at radius 3 is 2.61 bits per heavy atom. The maximum atomic E-state index is 10.6. The number of rotatable bonds is 4. The molecule has 0 aromatic heterocycles. The van der Waals surface area contributed by atoms with Crippen LogP contribution in [0.1, 0.15) is 53.9 Å². The minimum absolute atomic E-state index is 0.0146. The second kappa shape index (κ2) is 6.48. The summed E-state index contributed by atoms with van der Waals surface area (Å²) in [6, 6.07) is 0. The first-order valence-electron chi connectivity index (χ1n) is 8.31. The van der Waals surface area contributed by atoms with Crippen molar-refractivity contribution in [1.29, 1.82) is 0 Å². The summed E-state index contributed by atoms with van der Waals surface area (Å²) in [5.74, 6) is -0.920. The van der Waals surface area contributed by atoms with Crippen molar-refractivity contribution in [3.05, 3.63) is 47.1 Å². The third kappa shape index (κ3) is 4.03. The molecule has 1 heterocycles. The minimum atomic E-state index is -0.920. The molecule has 0 unspecified atom stereocenters. The molecule has 0 bridgehead atoms. The van der Waals surface area contributed by atoms with Crippen LogP contribution in [0, 0.1) is 5.41 Å². The Balaban J connectivity index is 2.14. The average molecular weight is 316 g/mol. The van der Waals surface area contributed by atoms with Gasteiger partial charge >= 0.3 is 5.97 Å². The van der Waals surface area contributed by atoms with E-state index >= 15 is 0 Å². The summed E-state index contributed by atoms with van der Waals surface area (Å²) in [6.45, 7) is 10.7. The molecule has 2 aliphatic rings. The van der Waals surface area contributed by atoms with E-state index in [2.05, 4.69) is 33.8 Å². The summed E-state index contributed by atoms with van der Waals surface area (Å²) < 4.78 is 6.37. The third-order valence-electron chi connectivity index (χ3n) is 4.98. The van der Waals surface area contributed by atoms with Gasteiger partial charge in [-0.15, -0.1) is 0 Å². The number of carboxylic acid groups (broad SMARTS) is 1. The highest BCUT2D eigenvalue weighted by molar-refractivity contribution is 5.81. The van der Waals surface area contributed by atoms with Crippen LogP contribution in [0.3, 0.4) is 0 Å². The first-order chi connectivity index (χ1) is 10.6. The van der Waals surface area contributed by atoms with Crippen molar-refractivity contribution in [3.8, 4) is 0 Å². The minimum Gasteiger partial charge on any atom is -0.478 e. The normalized spacial score (nSPS) is 31.2. The van der Waals surface area contributed by atoms with Gasteiger partial charge in [0.1, 0.15) is 0 Å². The van der Waals surface area contributed by atoms with Crippen LogP contribution in [-0.4, -0.2) is 22.8 Å². The molecule has 1 saturated carbocycles. The number of aliphatic carboxylic acids is 1. The standard InChI is InChI=1S/C20H28O3/c1-14(12-18(21)22)8-6-9-15(2)16-13-17-19(3,4)10-7-11-20(17,5)23-16/h6,8-9,12-13,16H,7,10-11H2,1-5H3,(H,21,22)/b8-6+,14-12-,15-9+/t16-,20-/m1/s1. The molecule has 126 valence electrons. The maximum Gasteiger partial charge on any atom is 0.328 e. The lowest BCUT2D eigenvalue weighted by atomic mass is 9.67. The molecule has 3 nitrogen and oxygen atoms in total. The molecule has 2 atom stereocenters. The predicted molar refractivity (Wildman–Crippen MR) is 93.3 cm³/mol. The fraction of sp³-hybridized carbons (Fsp3) is 0.550. The Labute approximate surface area is 139 Å². The second-order valence-corrected chi connectivity index (χ2v) is 7.58. The van der Waals surface area contributed by atoms with Crippen molar-refractivity contribution < 1.29 is 14.6 Å². The van der Waals surface area contributed by atoms with Crippen molar-refractivity contribution in [1.82, 2.24) is 0 Å². The van der Waals surface area contributed by atoms with Gasteiger partial charge in [0.05, 0.1) is 11.7 Å². The van der Waals surface area contributed by atoms with E-state index in [1.807, 2.05) is 12.2 Å².